The minimum absolute atomic E-state index is 0.186. The average molecular weight is 404 g/mol. The molecule has 1 aromatic heterocycles. The first-order valence-electron chi connectivity index (χ1n) is 7.45. The van der Waals surface area contributed by atoms with Crippen molar-refractivity contribution in [1.29, 1.82) is 0 Å². The summed E-state index contributed by atoms with van der Waals surface area (Å²) in [6.07, 6.45) is 1.68. The Hall–Kier alpha value is -1.53. The number of carbonyl (C=O) groups excluding carboxylic acids is 1. The second-order valence-electron chi connectivity index (χ2n) is 5.11. The van der Waals surface area contributed by atoms with Crippen LogP contribution in [0.1, 0.15) is 5.69 Å². The molecule has 0 aliphatic carbocycles. The number of rotatable bonds is 8. The van der Waals surface area contributed by atoms with Gasteiger partial charge in [-0.1, -0.05) is 40.9 Å². The molecule has 1 heterocycles. The van der Waals surface area contributed by atoms with Crippen LogP contribution >= 0.6 is 34.8 Å². The highest BCUT2D eigenvalue weighted by molar-refractivity contribution is 6.43. The Morgan fingerprint density at radius 1 is 1.16 bits per heavy atom. The zero-order valence-corrected chi connectivity index (χ0v) is 15.8. The van der Waals surface area contributed by atoms with Gasteiger partial charge in [0.15, 0.2) is 6.61 Å². The van der Waals surface area contributed by atoms with Crippen LogP contribution in [0, 0.1) is 0 Å². The van der Waals surface area contributed by atoms with E-state index in [2.05, 4.69) is 4.98 Å². The van der Waals surface area contributed by atoms with Gasteiger partial charge in [-0.25, -0.2) is 0 Å². The largest absolute Gasteiger partial charge is 0.482 e. The van der Waals surface area contributed by atoms with Gasteiger partial charge in [0.25, 0.3) is 5.91 Å². The lowest BCUT2D eigenvalue weighted by atomic mass is 10.3. The van der Waals surface area contributed by atoms with Crippen LogP contribution in [0.5, 0.6) is 5.75 Å². The van der Waals surface area contributed by atoms with Crippen molar-refractivity contribution in [3.8, 4) is 5.75 Å². The molecule has 0 aliphatic rings. The van der Waals surface area contributed by atoms with E-state index in [1.807, 2.05) is 18.2 Å². The van der Waals surface area contributed by atoms with E-state index in [0.29, 0.717) is 35.5 Å². The summed E-state index contributed by atoms with van der Waals surface area (Å²) in [5.74, 6) is 0.0822. The molecule has 1 aromatic carbocycles. The van der Waals surface area contributed by atoms with E-state index in [4.69, 9.17) is 44.3 Å². The zero-order chi connectivity index (χ0) is 18.2. The number of carbonyl (C=O) groups is 1. The molecule has 5 nitrogen and oxygen atoms in total. The van der Waals surface area contributed by atoms with Gasteiger partial charge in [-0.3, -0.25) is 9.78 Å². The van der Waals surface area contributed by atoms with Crippen molar-refractivity contribution in [3.05, 3.63) is 57.3 Å². The van der Waals surface area contributed by atoms with Gasteiger partial charge in [0.2, 0.25) is 0 Å². The molecule has 8 heteroatoms. The molecule has 25 heavy (non-hydrogen) atoms. The van der Waals surface area contributed by atoms with Crippen molar-refractivity contribution in [2.45, 2.75) is 6.54 Å². The van der Waals surface area contributed by atoms with Gasteiger partial charge in [-0.2, -0.15) is 0 Å². The Morgan fingerprint density at radius 2 is 1.92 bits per heavy atom. The van der Waals surface area contributed by atoms with Gasteiger partial charge in [0.05, 0.1) is 33.9 Å². The number of hydrogen-bond donors (Lipinski definition) is 0. The molecule has 2 aromatic rings. The topological polar surface area (TPSA) is 51.7 Å². The van der Waals surface area contributed by atoms with Crippen LogP contribution in [-0.4, -0.2) is 42.7 Å². The predicted octanol–water partition coefficient (Wildman–Crippen LogP) is 4.10. The van der Waals surface area contributed by atoms with Crippen molar-refractivity contribution < 1.29 is 14.3 Å². The quantitative estimate of drug-likeness (QED) is 0.623. The molecule has 0 N–H and O–H groups in total. The van der Waals surface area contributed by atoms with Crippen LogP contribution in [-0.2, 0) is 16.1 Å². The van der Waals surface area contributed by atoms with Gasteiger partial charge in [-0.15, -0.1) is 0 Å². The zero-order valence-electron chi connectivity index (χ0n) is 13.5. The normalized spacial score (nSPS) is 10.6. The molecule has 0 saturated carbocycles. The summed E-state index contributed by atoms with van der Waals surface area (Å²) in [4.78, 5) is 18.3. The Bertz CT molecular complexity index is 714. The summed E-state index contributed by atoms with van der Waals surface area (Å²) in [7, 11) is 1.58. The molecule has 0 bridgehead atoms. The van der Waals surface area contributed by atoms with Gasteiger partial charge < -0.3 is 14.4 Å². The standard InChI is InChI=1S/C17H17Cl3N2O3/c1-24-7-6-22(10-12-4-2-3-5-21-12)17(23)11-25-16-9-14(19)13(18)8-15(16)20/h2-5,8-9H,6-7,10-11H2,1H3. The highest BCUT2D eigenvalue weighted by Crippen LogP contribution is 2.33. The molecule has 0 fully saturated rings. The number of aromatic nitrogens is 1. The maximum absolute atomic E-state index is 12.5. The van der Waals surface area contributed by atoms with E-state index < -0.39 is 0 Å². The summed E-state index contributed by atoms with van der Waals surface area (Å²) < 4.78 is 10.6. The van der Waals surface area contributed by atoms with Crippen LogP contribution < -0.4 is 4.74 Å². The van der Waals surface area contributed by atoms with Gasteiger partial charge >= 0.3 is 0 Å². The molecule has 0 radical (unpaired) electrons. The minimum Gasteiger partial charge on any atom is -0.482 e. The maximum Gasteiger partial charge on any atom is 0.260 e. The Morgan fingerprint density at radius 3 is 2.60 bits per heavy atom. The number of pyridine rings is 1. The van der Waals surface area contributed by atoms with Crippen LogP contribution in [0.4, 0.5) is 0 Å². The maximum atomic E-state index is 12.5. The monoisotopic (exact) mass is 402 g/mol. The fraction of sp³-hybridized carbons (Fsp3) is 0.294. The number of ether oxygens (including phenoxy) is 2. The first-order chi connectivity index (χ1) is 12.0. The third kappa shape index (κ3) is 6.04. The number of hydrogen-bond acceptors (Lipinski definition) is 4. The smallest absolute Gasteiger partial charge is 0.260 e. The van der Waals surface area contributed by atoms with E-state index in [9.17, 15) is 4.79 Å². The molecule has 0 atom stereocenters. The molecule has 1 amide bonds. The number of benzene rings is 1. The molecule has 134 valence electrons. The van der Waals surface area contributed by atoms with Crippen molar-refractivity contribution in [2.75, 3.05) is 26.9 Å². The fourth-order valence-electron chi connectivity index (χ4n) is 2.03. The van der Waals surface area contributed by atoms with Crippen LogP contribution in [0.15, 0.2) is 36.5 Å². The van der Waals surface area contributed by atoms with Gasteiger partial charge in [0, 0.05) is 25.9 Å². The molecule has 0 aliphatic heterocycles. The van der Waals surface area contributed by atoms with E-state index >= 15 is 0 Å². The SMILES string of the molecule is COCCN(Cc1ccccn1)C(=O)COc1cc(Cl)c(Cl)cc1Cl. The van der Waals surface area contributed by atoms with E-state index in [-0.39, 0.29) is 17.5 Å². The number of nitrogens with zero attached hydrogens (tertiary/aromatic N) is 2. The average Bonchev–Trinajstić information content (AvgIpc) is 2.61. The van der Waals surface area contributed by atoms with Crippen molar-refractivity contribution in [2.24, 2.45) is 0 Å². The highest BCUT2D eigenvalue weighted by atomic mass is 35.5. The van der Waals surface area contributed by atoms with Gasteiger partial charge in [-0.05, 0) is 18.2 Å². The lowest BCUT2D eigenvalue weighted by Crippen LogP contribution is -2.37. The highest BCUT2D eigenvalue weighted by Gasteiger charge is 2.16. The van der Waals surface area contributed by atoms with Crippen molar-refractivity contribution in [3.63, 3.8) is 0 Å². The lowest BCUT2D eigenvalue weighted by molar-refractivity contribution is -0.134. The summed E-state index contributed by atoms with van der Waals surface area (Å²) in [5, 5.41) is 0.913. The lowest BCUT2D eigenvalue weighted by Gasteiger charge is -2.22. The van der Waals surface area contributed by atoms with Crippen LogP contribution in [0.25, 0.3) is 0 Å². The molecular weight excluding hydrogens is 387 g/mol. The third-order valence-corrected chi connectivity index (χ3v) is 4.34. The van der Waals surface area contributed by atoms with E-state index in [1.165, 1.54) is 12.1 Å². The third-order valence-electron chi connectivity index (χ3n) is 3.32. The Kier molecular flexibility index (Phi) is 7.78. The van der Waals surface area contributed by atoms with Crippen LogP contribution in [0.3, 0.4) is 0 Å². The summed E-state index contributed by atoms with van der Waals surface area (Å²) in [6, 6.07) is 8.50. The molecular formula is C17H17Cl3N2O3. The fourth-order valence-corrected chi connectivity index (χ4v) is 2.62. The second kappa shape index (κ2) is 9.82. The first kappa shape index (κ1) is 19.8. The number of amides is 1. The van der Waals surface area contributed by atoms with Crippen LogP contribution in [0.2, 0.25) is 15.1 Å². The van der Waals surface area contributed by atoms with Crippen molar-refractivity contribution in [1.82, 2.24) is 9.88 Å². The van der Waals surface area contributed by atoms with E-state index in [1.54, 1.807) is 18.2 Å². The summed E-state index contributed by atoms with van der Waals surface area (Å²) in [5.41, 5.74) is 0.777. The first-order valence-corrected chi connectivity index (χ1v) is 8.58. The molecule has 2 rings (SSSR count). The minimum atomic E-state index is -0.218. The predicted molar refractivity (Wildman–Crippen MR) is 98.5 cm³/mol. The molecule has 0 saturated heterocycles. The van der Waals surface area contributed by atoms with Crippen molar-refractivity contribution >= 4 is 40.7 Å². The Balaban J connectivity index is 2.02. The van der Waals surface area contributed by atoms with Gasteiger partial charge in [0.1, 0.15) is 5.75 Å². The summed E-state index contributed by atoms with van der Waals surface area (Å²) in [6.45, 7) is 1.01. The molecule has 0 spiro atoms. The second-order valence-corrected chi connectivity index (χ2v) is 6.34. The Labute approximate surface area is 161 Å². The number of methoxy groups -OCH3 is 1. The number of halogens is 3. The summed E-state index contributed by atoms with van der Waals surface area (Å²) >= 11 is 17.9. The van der Waals surface area contributed by atoms with E-state index in [0.717, 1.165) is 5.69 Å². The molecule has 0 unspecified atom stereocenters.